The largest absolute Gasteiger partial charge is 0.480 e. The Labute approximate surface area is 183 Å². The summed E-state index contributed by atoms with van der Waals surface area (Å²) in [6, 6.07) is 14.2. The molecule has 0 unspecified atom stereocenters. The van der Waals surface area contributed by atoms with E-state index in [0.29, 0.717) is 4.90 Å². The third-order valence-electron chi connectivity index (χ3n) is 5.83. The Morgan fingerprint density at radius 2 is 1.66 bits per heavy atom. The first-order valence-corrected chi connectivity index (χ1v) is 10.3. The van der Waals surface area contributed by atoms with Crippen LogP contribution in [0.4, 0.5) is 13.6 Å². The number of hydrogen-bond acceptors (Lipinski definition) is 4. The number of rotatable bonds is 6. The van der Waals surface area contributed by atoms with E-state index in [9.17, 15) is 23.2 Å². The number of ether oxygens (including phenoxy) is 1. The molecule has 0 radical (unpaired) electrons. The van der Waals surface area contributed by atoms with Crippen LogP contribution in [0.25, 0.3) is 11.1 Å². The van der Waals surface area contributed by atoms with Crippen LogP contribution in [0, 0.1) is 0 Å². The van der Waals surface area contributed by atoms with Crippen molar-refractivity contribution in [3.05, 3.63) is 59.7 Å². The van der Waals surface area contributed by atoms with E-state index in [4.69, 9.17) is 9.84 Å². The highest BCUT2D eigenvalue weighted by atomic mass is 19.3. The molecule has 1 fully saturated rings. The van der Waals surface area contributed by atoms with Gasteiger partial charge in [-0.15, -0.1) is 0 Å². The van der Waals surface area contributed by atoms with Crippen molar-refractivity contribution in [3.8, 4) is 11.1 Å². The summed E-state index contributed by atoms with van der Waals surface area (Å²) in [7, 11) is 0. The second kappa shape index (κ2) is 8.57. The molecular formula is C23H22F2N2O5. The lowest BCUT2D eigenvalue weighted by molar-refractivity contribution is -0.148. The molecule has 1 heterocycles. The molecule has 4 rings (SSSR count). The lowest BCUT2D eigenvalue weighted by Gasteiger charge is -2.21. The number of halogens is 2. The lowest BCUT2D eigenvalue weighted by atomic mass is 9.98. The minimum Gasteiger partial charge on any atom is -0.480 e. The molecule has 1 aliphatic heterocycles. The lowest BCUT2D eigenvalue weighted by Crippen LogP contribution is -2.42. The topological polar surface area (TPSA) is 95.9 Å². The van der Waals surface area contributed by atoms with Gasteiger partial charge in [-0.1, -0.05) is 48.5 Å². The zero-order chi connectivity index (χ0) is 22.9. The molecule has 2 amide bonds. The molecule has 7 nitrogen and oxygen atoms in total. The number of carbonyl (C=O) groups is 3. The average molecular weight is 444 g/mol. The molecule has 1 saturated heterocycles. The fourth-order valence-electron chi connectivity index (χ4n) is 4.36. The van der Waals surface area contributed by atoms with E-state index >= 15 is 0 Å². The fourth-order valence-corrected chi connectivity index (χ4v) is 4.36. The molecule has 2 aliphatic rings. The van der Waals surface area contributed by atoms with E-state index in [0.717, 1.165) is 22.3 Å². The van der Waals surface area contributed by atoms with E-state index in [-0.39, 0.29) is 25.5 Å². The highest BCUT2D eigenvalue weighted by Crippen LogP contribution is 2.44. The summed E-state index contributed by atoms with van der Waals surface area (Å²) in [5.41, 5.74) is 4.31. The predicted octanol–water partition coefficient (Wildman–Crippen LogP) is 3.24. The van der Waals surface area contributed by atoms with Gasteiger partial charge in [0.05, 0.1) is 6.54 Å². The smallest absolute Gasteiger partial charge is 0.407 e. The summed E-state index contributed by atoms with van der Waals surface area (Å²) in [6.07, 6.45) is -1.95. The molecule has 32 heavy (non-hydrogen) atoms. The summed E-state index contributed by atoms with van der Waals surface area (Å²) in [6.45, 7) is -0.981. The van der Waals surface area contributed by atoms with Crippen molar-refractivity contribution in [2.45, 2.75) is 30.7 Å². The Balaban J connectivity index is 1.29. The van der Waals surface area contributed by atoms with Crippen molar-refractivity contribution in [1.29, 1.82) is 0 Å². The van der Waals surface area contributed by atoms with Gasteiger partial charge in [0.1, 0.15) is 12.6 Å². The van der Waals surface area contributed by atoms with Crippen LogP contribution in [0.1, 0.15) is 29.9 Å². The van der Waals surface area contributed by atoms with Crippen molar-refractivity contribution in [3.63, 3.8) is 0 Å². The second-order valence-corrected chi connectivity index (χ2v) is 7.94. The Bertz CT molecular complexity index is 1010. The number of carbonyl (C=O) groups excluding carboxylic acids is 2. The number of carboxylic acids is 1. The molecule has 0 aromatic heterocycles. The van der Waals surface area contributed by atoms with Crippen molar-refractivity contribution >= 4 is 18.0 Å². The number of aliphatic carboxylic acids is 1. The van der Waals surface area contributed by atoms with Crippen molar-refractivity contribution < 1.29 is 33.0 Å². The number of benzene rings is 2. The molecule has 2 aromatic carbocycles. The summed E-state index contributed by atoms with van der Waals surface area (Å²) >= 11 is 0. The van der Waals surface area contributed by atoms with E-state index in [1.165, 1.54) is 0 Å². The zero-order valence-corrected chi connectivity index (χ0v) is 17.1. The maximum atomic E-state index is 13.5. The van der Waals surface area contributed by atoms with Gasteiger partial charge in [0.15, 0.2) is 0 Å². The molecular weight excluding hydrogens is 422 g/mol. The number of amides is 2. The van der Waals surface area contributed by atoms with Gasteiger partial charge in [0.25, 0.3) is 5.92 Å². The number of fused-ring (bicyclic) bond motifs is 3. The molecule has 0 saturated carbocycles. The first-order chi connectivity index (χ1) is 15.3. The number of likely N-dealkylation sites (tertiary alicyclic amines) is 1. The van der Waals surface area contributed by atoms with Gasteiger partial charge in [-0.25, -0.2) is 18.4 Å². The van der Waals surface area contributed by atoms with Crippen molar-refractivity contribution in [2.24, 2.45) is 0 Å². The Kier molecular flexibility index (Phi) is 5.82. The molecule has 2 aromatic rings. The Hall–Kier alpha value is -3.49. The number of alkyl carbamates (subject to hydrolysis) is 1. The van der Waals surface area contributed by atoms with Gasteiger partial charge in [-0.2, -0.15) is 0 Å². The Morgan fingerprint density at radius 3 is 2.25 bits per heavy atom. The minimum atomic E-state index is -3.24. The van der Waals surface area contributed by atoms with Gasteiger partial charge >= 0.3 is 12.1 Å². The van der Waals surface area contributed by atoms with Crippen LogP contribution >= 0.6 is 0 Å². The summed E-state index contributed by atoms with van der Waals surface area (Å²) < 4.78 is 32.4. The first kappa shape index (κ1) is 21.7. The van der Waals surface area contributed by atoms with Crippen LogP contribution in [-0.2, 0) is 14.3 Å². The van der Waals surface area contributed by atoms with Crippen LogP contribution in [0.5, 0.6) is 0 Å². The highest BCUT2D eigenvalue weighted by Gasteiger charge is 2.49. The second-order valence-electron chi connectivity index (χ2n) is 7.94. The van der Waals surface area contributed by atoms with Crippen LogP contribution in [0.15, 0.2) is 48.5 Å². The first-order valence-electron chi connectivity index (χ1n) is 10.3. The monoisotopic (exact) mass is 444 g/mol. The third-order valence-corrected chi connectivity index (χ3v) is 5.83. The normalized spacial score (nSPS) is 18.7. The molecule has 9 heteroatoms. The van der Waals surface area contributed by atoms with Gasteiger partial charge in [-0.05, 0) is 22.3 Å². The predicted molar refractivity (Wildman–Crippen MR) is 110 cm³/mol. The van der Waals surface area contributed by atoms with Gasteiger partial charge < -0.3 is 20.1 Å². The molecule has 168 valence electrons. The Morgan fingerprint density at radius 1 is 1.06 bits per heavy atom. The number of carboxylic acid groups (broad SMARTS) is 1. The maximum absolute atomic E-state index is 13.5. The molecule has 0 bridgehead atoms. The van der Waals surface area contributed by atoms with E-state index < -0.39 is 42.9 Å². The summed E-state index contributed by atoms with van der Waals surface area (Å²) in [5.74, 6) is -5.58. The minimum absolute atomic E-state index is 0.104. The van der Waals surface area contributed by atoms with E-state index in [2.05, 4.69) is 5.32 Å². The summed E-state index contributed by atoms with van der Waals surface area (Å²) in [4.78, 5) is 36.1. The van der Waals surface area contributed by atoms with Crippen LogP contribution < -0.4 is 5.32 Å². The maximum Gasteiger partial charge on any atom is 0.407 e. The quantitative estimate of drug-likeness (QED) is 0.713. The van der Waals surface area contributed by atoms with Crippen LogP contribution in [0.3, 0.4) is 0 Å². The molecule has 1 aliphatic carbocycles. The van der Waals surface area contributed by atoms with Crippen LogP contribution in [-0.4, -0.2) is 59.6 Å². The van der Waals surface area contributed by atoms with Gasteiger partial charge in [0.2, 0.25) is 5.91 Å². The van der Waals surface area contributed by atoms with Gasteiger partial charge in [0, 0.05) is 25.3 Å². The zero-order valence-electron chi connectivity index (χ0n) is 17.1. The number of alkyl halides is 2. The highest BCUT2D eigenvalue weighted by molar-refractivity contribution is 5.85. The van der Waals surface area contributed by atoms with Crippen molar-refractivity contribution in [2.75, 3.05) is 19.7 Å². The average Bonchev–Trinajstić information content (AvgIpc) is 3.27. The SMILES string of the molecule is O=C(NCCC(=O)N1CC(F)(F)C[C@H]1C(=O)O)OCC1c2ccccc2-c2ccccc21. The molecule has 2 N–H and O–H groups in total. The molecule has 1 atom stereocenters. The number of nitrogens with one attached hydrogen (secondary N) is 1. The standard InChI is InChI=1S/C23H22F2N2O5/c24-23(25)11-19(21(29)30)27(13-23)20(28)9-10-26-22(31)32-12-18-16-7-3-1-5-14(16)15-6-2-4-8-17(15)18/h1-8,18-19H,9-13H2,(H,26,31)(H,29,30)/t19-/m0/s1. The summed E-state index contributed by atoms with van der Waals surface area (Å²) in [5, 5.41) is 11.5. The number of nitrogens with zero attached hydrogens (tertiary/aromatic N) is 1. The van der Waals surface area contributed by atoms with Crippen molar-refractivity contribution in [1.82, 2.24) is 10.2 Å². The third kappa shape index (κ3) is 4.28. The fraction of sp³-hybridized carbons (Fsp3) is 0.348. The van der Waals surface area contributed by atoms with Crippen LogP contribution in [0.2, 0.25) is 0 Å². The number of hydrogen-bond donors (Lipinski definition) is 2. The van der Waals surface area contributed by atoms with E-state index in [1.807, 2.05) is 48.5 Å². The molecule has 0 spiro atoms. The van der Waals surface area contributed by atoms with E-state index in [1.54, 1.807) is 0 Å². The van der Waals surface area contributed by atoms with Gasteiger partial charge in [-0.3, -0.25) is 4.79 Å².